The standard InChI is InChI=1S/C13H14N2/c1-9-4-5-10(2)12(8-9)11(3)13-14-6-7-15-13/h4-8H,3H2,1-2H3,(H,14,15). The number of H-pyrrole nitrogens is 1. The minimum absolute atomic E-state index is 0.837. The molecule has 2 aromatic rings. The monoisotopic (exact) mass is 198 g/mol. The predicted octanol–water partition coefficient (Wildman–Crippen LogP) is 3.09. The summed E-state index contributed by atoms with van der Waals surface area (Å²) in [6.45, 7) is 8.24. The number of benzene rings is 1. The average Bonchev–Trinajstić information content (AvgIpc) is 2.74. The molecular weight excluding hydrogens is 184 g/mol. The molecule has 0 spiro atoms. The van der Waals surface area contributed by atoms with Gasteiger partial charge in [0, 0.05) is 18.0 Å². The Hall–Kier alpha value is -1.83. The van der Waals surface area contributed by atoms with E-state index in [4.69, 9.17) is 0 Å². The molecule has 2 nitrogen and oxygen atoms in total. The Morgan fingerprint density at radius 2 is 2.13 bits per heavy atom. The van der Waals surface area contributed by atoms with Gasteiger partial charge in [0.25, 0.3) is 0 Å². The van der Waals surface area contributed by atoms with Gasteiger partial charge in [0.05, 0.1) is 0 Å². The lowest BCUT2D eigenvalue weighted by atomic mass is 9.99. The molecule has 0 aliphatic rings. The number of rotatable bonds is 2. The van der Waals surface area contributed by atoms with E-state index >= 15 is 0 Å². The van der Waals surface area contributed by atoms with Gasteiger partial charge in [0.2, 0.25) is 0 Å². The maximum atomic E-state index is 4.21. The molecule has 0 bridgehead atoms. The molecule has 1 aromatic heterocycles. The summed E-state index contributed by atoms with van der Waals surface area (Å²) in [5.41, 5.74) is 4.57. The highest BCUT2D eigenvalue weighted by Gasteiger charge is 2.07. The Morgan fingerprint density at radius 1 is 1.33 bits per heavy atom. The first-order chi connectivity index (χ1) is 7.18. The van der Waals surface area contributed by atoms with Crippen LogP contribution in [-0.2, 0) is 0 Å². The van der Waals surface area contributed by atoms with Crippen LogP contribution >= 0.6 is 0 Å². The highest BCUT2D eigenvalue weighted by molar-refractivity contribution is 5.76. The van der Waals surface area contributed by atoms with E-state index in [1.165, 1.54) is 11.1 Å². The lowest BCUT2D eigenvalue weighted by Gasteiger charge is -2.08. The summed E-state index contributed by atoms with van der Waals surface area (Å²) < 4.78 is 0. The molecule has 76 valence electrons. The quantitative estimate of drug-likeness (QED) is 0.789. The van der Waals surface area contributed by atoms with Crippen molar-refractivity contribution < 1.29 is 0 Å². The second kappa shape index (κ2) is 3.73. The van der Waals surface area contributed by atoms with E-state index in [0.29, 0.717) is 0 Å². The number of imidazole rings is 1. The minimum Gasteiger partial charge on any atom is -0.345 e. The molecule has 0 saturated carbocycles. The fraction of sp³-hybridized carbons (Fsp3) is 0.154. The van der Waals surface area contributed by atoms with Crippen molar-refractivity contribution in [3.8, 4) is 0 Å². The van der Waals surface area contributed by atoms with E-state index in [9.17, 15) is 0 Å². The topological polar surface area (TPSA) is 28.7 Å². The lowest BCUT2D eigenvalue weighted by Crippen LogP contribution is -1.92. The summed E-state index contributed by atoms with van der Waals surface area (Å²) in [6, 6.07) is 6.35. The van der Waals surface area contributed by atoms with Crippen LogP contribution in [0.15, 0.2) is 37.2 Å². The Labute approximate surface area is 89.7 Å². The first-order valence-electron chi connectivity index (χ1n) is 4.95. The van der Waals surface area contributed by atoms with E-state index in [1.54, 1.807) is 6.20 Å². The van der Waals surface area contributed by atoms with Crippen molar-refractivity contribution in [3.63, 3.8) is 0 Å². The zero-order chi connectivity index (χ0) is 10.8. The SMILES string of the molecule is C=C(c1ncc[nH]1)c1cc(C)ccc1C. The smallest absolute Gasteiger partial charge is 0.137 e. The van der Waals surface area contributed by atoms with Crippen LogP contribution < -0.4 is 0 Å². The van der Waals surface area contributed by atoms with Gasteiger partial charge in [-0.2, -0.15) is 0 Å². The molecule has 1 heterocycles. The van der Waals surface area contributed by atoms with E-state index in [2.05, 4.69) is 48.6 Å². The fourth-order valence-electron chi connectivity index (χ4n) is 1.62. The van der Waals surface area contributed by atoms with Crippen LogP contribution in [0.1, 0.15) is 22.5 Å². The van der Waals surface area contributed by atoms with Crippen LogP contribution in [-0.4, -0.2) is 9.97 Å². The number of aryl methyl sites for hydroxylation is 2. The van der Waals surface area contributed by atoms with Gasteiger partial charge in [-0.3, -0.25) is 0 Å². The van der Waals surface area contributed by atoms with E-state index in [-0.39, 0.29) is 0 Å². The van der Waals surface area contributed by atoms with Gasteiger partial charge >= 0.3 is 0 Å². The molecule has 0 atom stereocenters. The number of aromatic nitrogens is 2. The van der Waals surface area contributed by atoms with Crippen LogP contribution in [0.5, 0.6) is 0 Å². The molecule has 0 aliphatic carbocycles. The second-order valence-corrected chi connectivity index (χ2v) is 3.73. The summed E-state index contributed by atoms with van der Waals surface area (Å²) in [5.74, 6) is 0.837. The third-order valence-corrected chi connectivity index (χ3v) is 2.50. The second-order valence-electron chi connectivity index (χ2n) is 3.73. The summed E-state index contributed by atoms with van der Waals surface area (Å²) in [4.78, 5) is 7.28. The molecule has 15 heavy (non-hydrogen) atoms. The zero-order valence-electron chi connectivity index (χ0n) is 9.04. The van der Waals surface area contributed by atoms with Gasteiger partial charge in [-0.05, 0) is 25.0 Å². The fourth-order valence-corrected chi connectivity index (χ4v) is 1.62. The molecule has 0 aliphatic heterocycles. The van der Waals surface area contributed by atoms with Crippen LogP contribution in [0.3, 0.4) is 0 Å². The highest BCUT2D eigenvalue weighted by Crippen LogP contribution is 2.22. The van der Waals surface area contributed by atoms with Gasteiger partial charge in [-0.1, -0.05) is 30.3 Å². The Balaban J connectivity index is 2.46. The summed E-state index contributed by atoms with van der Waals surface area (Å²) in [7, 11) is 0. The predicted molar refractivity (Wildman–Crippen MR) is 62.6 cm³/mol. The largest absolute Gasteiger partial charge is 0.345 e. The maximum Gasteiger partial charge on any atom is 0.137 e. The molecule has 0 fully saturated rings. The summed E-state index contributed by atoms with van der Waals surface area (Å²) in [5, 5.41) is 0. The Morgan fingerprint density at radius 3 is 2.80 bits per heavy atom. The van der Waals surface area contributed by atoms with Crippen molar-refractivity contribution in [2.24, 2.45) is 0 Å². The zero-order valence-corrected chi connectivity index (χ0v) is 9.04. The first-order valence-corrected chi connectivity index (χ1v) is 4.95. The molecule has 1 N–H and O–H groups in total. The average molecular weight is 198 g/mol. The molecule has 0 unspecified atom stereocenters. The molecule has 0 amide bonds. The van der Waals surface area contributed by atoms with Gasteiger partial charge < -0.3 is 4.98 Å². The Bertz CT molecular complexity index is 481. The number of aromatic amines is 1. The minimum atomic E-state index is 0.837. The van der Waals surface area contributed by atoms with E-state index in [0.717, 1.165) is 17.0 Å². The van der Waals surface area contributed by atoms with Crippen molar-refractivity contribution in [2.45, 2.75) is 13.8 Å². The summed E-state index contributed by atoms with van der Waals surface area (Å²) >= 11 is 0. The third kappa shape index (κ3) is 1.84. The number of hydrogen-bond donors (Lipinski definition) is 1. The van der Waals surface area contributed by atoms with Crippen LogP contribution in [0.2, 0.25) is 0 Å². The van der Waals surface area contributed by atoms with E-state index in [1.807, 2.05) is 6.20 Å². The third-order valence-electron chi connectivity index (χ3n) is 2.50. The molecule has 2 heteroatoms. The van der Waals surface area contributed by atoms with Crippen molar-refractivity contribution in [3.05, 3.63) is 59.7 Å². The number of nitrogens with one attached hydrogen (secondary N) is 1. The maximum absolute atomic E-state index is 4.21. The lowest BCUT2D eigenvalue weighted by molar-refractivity contribution is 1.23. The molecule has 0 radical (unpaired) electrons. The number of hydrogen-bond acceptors (Lipinski definition) is 1. The van der Waals surface area contributed by atoms with Crippen LogP contribution in [0.25, 0.3) is 5.57 Å². The number of nitrogens with zero attached hydrogens (tertiary/aromatic N) is 1. The van der Waals surface area contributed by atoms with Gasteiger partial charge in [0.15, 0.2) is 0 Å². The van der Waals surface area contributed by atoms with Crippen LogP contribution in [0.4, 0.5) is 0 Å². The van der Waals surface area contributed by atoms with Crippen molar-refractivity contribution in [2.75, 3.05) is 0 Å². The van der Waals surface area contributed by atoms with Gasteiger partial charge in [-0.15, -0.1) is 0 Å². The normalized spacial score (nSPS) is 10.3. The van der Waals surface area contributed by atoms with E-state index < -0.39 is 0 Å². The van der Waals surface area contributed by atoms with Gasteiger partial charge in [-0.25, -0.2) is 4.98 Å². The molecule has 1 aromatic carbocycles. The van der Waals surface area contributed by atoms with Crippen molar-refractivity contribution in [1.29, 1.82) is 0 Å². The van der Waals surface area contributed by atoms with Crippen molar-refractivity contribution >= 4 is 5.57 Å². The van der Waals surface area contributed by atoms with Crippen molar-refractivity contribution in [1.82, 2.24) is 9.97 Å². The molecule has 2 rings (SSSR count). The molecule has 0 saturated heterocycles. The Kier molecular flexibility index (Phi) is 2.42. The first kappa shape index (κ1) is 9.71. The van der Waals surface area contributed by atoms with Gasteiger partial charge in [0.1, 0.15) is 5.82 Å². The van der Waals surface area contributed by atoms with Crippen LogP contribution in [0, 0.1) is 13.8 Å². The molecular formula is C13H14N2. The highest BCUT2D eigenvalue weighted by atomic mass is 14.9. The summed E-state index contributed by atoms with van der Waals surface area (Å²) in [6.07, 6.45) is 3.55.